The van der Waals surface area contributed by atoms with Gasteiger partial charge in [0.05, 0.1) is 23.6 Å². The monoisotopic (exact) mass is 417 g/mol. The Hall–Kier alpha value is -3.00. The molecule has 0 spiro atoms. The molecule has 5 nitrogen and oxygen atoms in total. The summed E-state index contributed by atoms with van der Waals surface area (Å²) in [6.45, 7) is 0.754. The number of fused-ring (bicyclic) bond motifs is 3. The van der Waals surface area contributed by atoms with Crippen molar-refractivity contribution in [1.82, 2.24) is 4.90 Å². The Morgan fingerprint density at radius 1 is 1.13 bits per heavy atom. The quantitative estimate of drug-likeness (QED) is 0.613. The Labute approximate surface area is 169 Å². The second-order valence-electron chi connectivity index (χ2n) is 7.50. The summed E-state index contributed by atoms with van der Waals surface area (Å²) < 4.78 is 58.4. The number of alkyl halides is 3. The van der Waals surface area contributed by atoms with Crippen LogP contribution in [-0.2, 0) is 12.7 Å². The fraction of sp³-hybridized carbons (Fsp3) is 0.318. The van der Waals surface area contributed by atoms with E-state index in [0.29, 0.717) is 30.6 Å². The fourth-order valence-corrected chi connectivity index (χ4v) is 3.95. The van der Waals surface area contributed by atoms with E-state index in [1.165, 1.54) is 25.3 Å². The van der Waals surface area contributed by atoms with E-state index in [2.05, 4.69) is 0 Å². The minimum atomic E-state index is -4.86. The highest BCUT2D eigenvalue weighted by atomic mass is 19.4. The molecule has 0 amide bonds. The summed E-state index contributed by atoms with van der Waals surface area (Å²) in [5.41, 5.74) is -0.868. The van der Waals surface area contributed by atoms with Crippen molar-refractivity contribution in [2.24, 2.45) is 0 Å². The van der Waals surface area contributed by atoms with Crippen molar-refractivity contribution in [3.8, 4) is 22.6 Å². The number of para-hydroxylation sites is 1. The number of benzene rings is 2. The molecule has 0 unspecified atom stereocenters. The van der Waals surface area contributed by atoms with Gasteiger partial charge in [-0.2, -0.15) is 13.2 Å². The molecule has 1 aromatic heterocycles. The van der Waals surface area contributed by atoms with Gasteiger partial charge in [-0.1, -0.05) is 18.2 Å². The molecule has 0 bridgehead atoms. The van der Waals surface area contributed by atoms with E-state index in [1.54, 1.807) is 18.2 Å². The van der Waals surface area contributed by atoms with Gasteiger partial charge in [-0.05, 0) is 31.0 Å². The zero-order valence-electron chi connectivity index (χ0n) is 16.1. The van der Waals surface area contributed by atoms with E-state index in [1.807, 2.05) is 4.90 Å². The van der Waals surface area contributed by atoms with Gasteiger partial charge in [0.25, 0.3) is 0 Å². The predicted molar refractivity (Wildman–Crippen MR) is 104 cm³/mol. The molecule has 5 rings (SSSR count). The zero-order chi connectivity index (χ0) is 21.0. The molecular weight excluding hydrogens is 399 g/mol. The van der Waals surface area contributed by atoms with Crippen LogP contribution in [0.1, 0.15) is 24.2 Å². The number of ether oxygens (including phenoxy) is 2. The Kier molecular flexibility index (Phi) is 4.28. The molecule has 1 aliphatic carbocycles. The van der Waals surface area contributed by atoms with Crippen LogP contribution in [0.15, 0.2) is 45.6 Å². The molecule has 1 fully saturated rings. The van der Waals surface area contributed by atoms with Crippen LogP contribution in [0.25, 0.3) is 22.1 Å². The first-order valence-corrected chi connectivity index (χ1v) is 9.58. The number of rotatable bonds is 3. The molecule has 156 valence electrons. The summed E-state index contributed by atoms with van der Waals surface area (Å²) in [5.74, 6) is -0.724. The van der Waals surface area contributed by atoms with Gasteiger partial charge in [0, 0.05) is 18.2 Å². The highest BCUT2D eigenvalue weighted by Crippen LogP contribution is 2.43. The van der Waals surface area contributed by atoms with Crippen molar-refractivity contribution >= 4 is 11.0 Å². The topological polar surface area (TPSA) is 51.9 Å². The van der Waals surface area contributed by atoms with Crippen LogP contribution in [-0.4, -0.2) is 24.8 Å². The molecule has 2 aliphatic rings. The lowest BCUT2D eigenvalue weighted by molar-refractivity contribution is -0.152. The number of methoxy groups -OCH3 is 1. The average molecular weight is 417 g/mol. The smallest absolute Gasteiger partial charge is 0.450 e. The molecule has 0 N–H and O–H groups in total. The van der Waals surface area contributed by atoms with Crippen molar-refractivity contribution < 1.29 is 27.1 Å². The molecule has 1 aliphatic heterocycles. The third kappa shape index (κ3) is 3.02. The molecule has 30 heavy (non-hydrogen) atoms. The van der Waals surface area contributed by atoms with Gasteiger partial charge in [-0.25, -0.2) is 0 Å². The minimum Gasteiger partial charge on any atom is -0.496 e. The zero-order valence-corrected chi connectivity index (χ0v) is 16.1. The summed E-state index contributed by atoms with van der Waals surface area (Å²) in [6, 6.07) is 9.55. The van der Waals surface area contributed by atoms with Crippen LogP contribution in [0.3, 0.4) is 0 Å². The maximum absolute atomic E-state index is 14.0. The third-order valence-electron chi connectivity index (χ3n) is 5.56. The maximum Gasteiger partial charge on any atom is 0.450 e. The normalized spacial score (nSPS) is 16.9. The number of nitrogens with zero attached hydrogens (tertiary/aromatic N) is 1. The maximum atomic E-state index is 14.0. The average Bonchev–Trinajstić information content (AvgIpc) is 3.58. The van der Waals surface area contributed by atoms with E-state index < -0.39 is 22.9 Å². The summed E-state index contributed by atoms with van der Waals surface area (Å²) in [5, 5.41) is 0.0869. The van der Waals surface area contributed by atoms with E-state index in [4.69, 9.17) is 13.9 Å². The summed E-state index contributed by atoms with van der Waals surface area (Å²) in [7, 11) is 1.34. The van der Waals surface area contributed by atoms with Crippen molar-refractivity contribution in [3.63, 3.8) is 0 Å². The summed E-state index contributed by atoms with van der Waals surface area (Å²) >= 11 is 0. The molecule has 0 atom stereocenters. The van der Waals surface area contributed by atoms with Gasteiger partial charge >= 0.3 is 6.18 Å². The molecule has 2 heterocycles. The van der Waals surface area contributed by atoms with Crippen LogP contribution >= 0.6 is 0 Å². The van der Waals surface area contributed by atoms with E-state index in [-0.39, 0.29) is 22.3 Å². The molecule has 3 aromatic rings. The number of halogens is 3. The Bertz CT molecular complexity index is 1200. The predicted octanol–water partition coefficient (Wildman–Crippen LogP) is 4.80. The summed E-state index contributed by atoms with van der Waals surface area (Å²) in [4.78, 5) is 15.4. The second kappa shape index (κ2) is 6.77. The van der Waals surface area contributed by atoms with Crippen molar-refractivity contribution in [2.45, 2.75) is 31.6 Å². The van der Waals surface area contributed by atoms with Crippen molar-refractivity contribution in [2.75, 3.05) is 13.8 Å². The van der Waals surface area contributed by atoms with Crippen LogP contribution in [0.2, 0.25) is 0 Å². The molecular formula is C22H18F3NO4. The number of hydrogen-bond acceptors (Lipinski definition) is 5. The van der Waals surface area contributed by atoms with Crippen LogP contribution in [0.5, 0.6) is 11.5 Å². The fourth-order valence-electron chi connectivity index (χ4n) is 3.95. The first-order chi connectivity index (χ1) is 14.4. The Morgan fingerprint density at radius 2 is 1.90 bits per heavy atom. The molecule has 2 aromatic carbocycles. The van der Waals surface area contributed by atoms with E-state index in [9.17, 15) is 18.0 Å². The Morgan fingerprint density at radius 3 is 2.60 bits per heavy atom. The van der Waals surface area contributed by atoms with Gasteiger partial charge in [0.15, 0.2) is 0 Å². The molecule has 0 radical (unpaired) electrons. The standard InChI is InChI=1S/C22H18F3NO4/c1-28-16-5-3-2-4-13(16)18-19(27)14-8-9-17-15(10-26(11-29-17)12-6-7-12)20(14)30-21(18)22(23,24)25/h2-5,8-9,12H,6-7,10-11H2,1H3. The van der Waals surface area contributed by atoms with E-state index in [0.717, 1.165) is 12.8 Å². The van der Waals surface area contributed by atoms with Crippen molar-refractivity contribution in [3.05, 3.63) is 57.9 Å². The lowest BCUT2D eigenvalue weighted by atomic mass is 9.99. The first kappa shape index (κ1) is 19.0. The van der Waals surface area contributed by atoms with Crippen molar-refractivity contribution in [1.29, 1.82) is 0 Å². The van der Waals surface area contributed by atoms with E-state index >= 15 is 0 Å². The van der Waals surface area contributed by atoms with Crippen LogP contribution in [0.4, 0.5) is 13.2 Å². The Balaban J connectivity index is 1.80. The summed E-state index contributed by atoms with van der Waals surface area (Å²) in [6.07, 6.45) is -2.81. The van der Waals surface area contributed by atoms with Crippen LogP contribution in [0, 0.1) is 0 Å². The largest absolute Gasteiger partial charge is 0.496 e. The van der Waals surface area contributed by atoms with Gasteiger partial charge in [0.1, 0.15) is 23.8 Å². The first-order valence-electron chi connectivity index (χ1n) is 9.58. The second-order valence-corrected chi connectivity index (χ2v) is 7.50. The molecule has 0 saturated heterocycles. The van der Waals surface area contributed by atoms with Gasteiger partial charge in [0.2, 0.25) is 11.2 Å². The van der Waals surface area contributed by atoms with Gasteiger partial charge in [-0.15, -0.1) is 0 Å². The SMILES string of the molecule is COc1ccccc1-c1c(C(F)(F)F)oc2c3c(ccc2c1=O)OCN(C1CC1)C3. The molecule has 1 saturated carbocycles. The highest BCUT2D eigenvalue weighted by Gasteiger charge is 2.41. The van der Waals surface area contributed by atoms with Gasteiger partial charge < -0.3 is 13.9 Å². The lowest BCUT2D eigenvalue weighted by Crippen LogP contribution is -2.34. The van der Waals surface area contributed by atoms with Crippen LogP contribution < -0.4 is 14.9 Å². The minimum absolute atomic E-state index is 0.0385. The lowest BCUT2D eigenvalue weighted by Gasteiger charge is -2.29. The number of hydrogen-bond donors (Lipinski definition) is 0. The third-order valence-corrected chi connectivity index (χ3v) is 5.56. The molecule has 8 heteroatoms. The van der Waals surface area contributed by atoms with Gasteiger partial charge in [-0.3, -0.25) is 9.69 Å². The highest BCUT2D eigenvalue weighted by molar-refractivity contribution is 5.88.